The summed E-state index contributed by atoms with van der Waals surface area (Å²) in [5.74, 6) is 0. The van der Waals surface area contributed by atoms with Crippen LogP contribution < -0.4 is 5.32 Å². The van der Waals surface area contributed by atoms with Crippen LogP contribution in [0.1, 0.15) is 24.1 Å². The third-order valence-corrected chi connectivity index (χ3v) is 3.67. The minimum Gasteiger partial charge on any atom is -0.306 e. The average molecular weight is 326 g/mol. The van der Waals surface area contributed by atoms with Crippen molar-refractivity contribution in [2.75, 3.05) is 0 Å². The molecule has 1 atom stereocenters. The first-order valence-electron chi connectivity index (χ1n) is 5.74. The second-order valence-corrected chi connectivity index (χ2v) is 5.44. The van der Waals surface area contributed by atoms with Crippen LogP contribution in [0.25, 0.3) is 0 Å². The van der Waals surface area contributed by atoms with Gasteiger partial charge in [-0.15, -0.1) is 0 Å². The van der Waals surface area contributed by atoms with E-state index in [0.717, 1.165) is 21.6 Å². The predicted molar refractivity (Wildman–Crippen MR) is 78.6 cm³/mol. The molecule has 0 aliphatic carbocycles. The largest absolute Gasteiger partial charge is 0.306 e. The van der Waals surface area contributed by atoms with Crippen molar-refractivity contribution in [3.8, 4) is 0 Å². The molecule has 0 aliphatic rings. The van der Waals surface area contributed by atoms with E-state index in [0.29, 0.717) is 0 Å². The highest BCUT2D eigenvalue weighted by Gasteiger charge is 2.06. The van der Waals surface area contributed by atoms with Gasteiger partial charge in [-0.05, 0) is 42.3 Å². The average Bonchev–Trinajstić information content (AvgIpc) is 2.38. The van der Waals surface area contributed by atoms with Crippen LogP contribution in [0.2, 0.25) is 5.02 Å². The Morgan fingerprint density at radius 3 is 2.67 bits per heavy atom. The molecule has 0 saturated carbocycles. The Morgan fingerprint density at radius 1 is 1.28 bits per heavy atom. The number of halogens is 2. The monoisotopic (exact) mass is 324 g/mol. The summed E-state index contributed by atoms with van der Waals surface area (Å²) in [6.45, 7) is 2.87. The summed E-state index contributed by atoms with van der Waals surface area (Å²) in [7, 11) is 0. The van der Waals surface area contributed by atoms with Crippen molar-refractivity contribution in [3.63, 3.8) is 0 Å². The minimum atomic E-state index is 0.271. The van der Waals surface area contributed by atoms with E-state index in [-0.39, 0.29) is 6.04 Å². The maximum absolute atomic E-state index is 6.18. The van der Waals surface area contributed by atoms with E-state index in [1.54, 1.807) is 12.4 Å². The number of hydrogen-bond acceptors (Lipinski definition) is 2. The molecule has 0 amide bonds. The standard InChI is InChI=1S/C14H14BrClN2/c1-10(11-4-6-17-7-5-11)18-9-12-2-3-13(15)8-14(12)16/h2-8,10,18H,9H2,1H3/t10-/m0/s1. The first kappa shape index (κ1) is 13.5. The first-order valence-corrected chi connectivity index (χ1v) is 6.91. The van der Waals surface area contributed by atoms with Crippen LogP contribution in [-0.4, -0.2) is 4.98 Å². The predicted octanol–water partition coefficient (Wildman–Crippen LogP) is 4.35. The quantitative estimate of drug-likeness (QED) is 0.904. The second-order valence-electron chi connectivity index (χ2n) is 4.12. The zero-order valence-electron chi connectivity index (χ0n) is 10.0. The first-order chi connectivity index (χ1) is 8.66. The molecular weight excluding hydrogens is 312 g/mol. The van der Waals surface area contributed by atoms with Gasteiger partial charge in [0.25, 0.3) is 0 Å². The Labute approximate surface area is 121 Å². The smallest absolute Gasteiger partial charge is 0.0462 e. The normalized spacial score (nSPS) is 12.4. The molecule has 0 spiro atoms. The topological polar surface area (TPSA) is 24.9 Å². The summed E-state index contributed by atoms with van der Waals surface area (Å²) in [5.41, 5.74) is 2.32. The van der Waals surface area contributed by atoms with Gasteiger partial charge in [-0.2, -0.15) is 0 Å². The lowest BCUT2D eigenvalue weighted by atomic mass is 10.1. The summed E-state index contributed by atoms with van der Waals surface area (Å²) in [4.78, 5) is 4.02. The summed E-state index contributed by atoms with van der Waals surface area (Å²) in [6.07, 6.45) is 3.61. The van der Waals surface area contributed by atoms with E-state index in [4.69, 9.17) is 11.6 Å². The molecule has 0 radical (unpaired) electrons. The lowest BCUT2D eigenvalue weighted by molar-refractivity contribution is 0.574. The van der Waals surface area contributed by atoms with E-state index in [1.807, 2.05) is 30.3 Å². The van der Waals surface area contributed by atoms with E-state index in [1.165, 1.54) is 5.56 Å². The molecule has 94 valence electrons. The zero-order chi connectivity index (χ0) is 13.0. The van der Waals surface area contributed by atoms with E-state index < -0.39 is 0 Å². The molecule has 2 rings (SSSR count). The molecule has 0 unspecified atom stereocenters. The lowest BCUT2D eigenvalue weighted by Gasteiger charge is -2.14. The highest BCUT2D eigenvalue weighted by Crippen LogP contribution is 2.22. The van der Waals surface area contributed by atoms with Gasteiger partial charge in [-0.3, -0.25) is 4.98 Å². The van der Waals surface area contributed by atoms with Crippen molar-refractivity contribution >= 4 is 27.5 Å². The fraction of sp³-hybridized carbons (Fsp3) is 0.214. The highest BCUT2D eigenvalue weighted by atomic mass is 79.9. The van der Waals surface area contributed by atoms with E-state index in [2.05, 4.69) is 33.2 Å². The molecular formula is C14H14BrClN2. The SMILES string of the molecule is C[C@H](NCc1ccc(Br)cc1Cl)c1ccncc1. The number of aromatic nitrogens is 1. The summed E-state index contributed by atoms with van der Waals surface area (Å²) >= 11 is 9.58. The summed E-state index contributed by atoms with van der Waals surface area (Å²) < 4.78 is 0.999. The van der Waals surface area contributed by atoms with Crippen LogP contribution in [0, 0.1) is 0 Å². The molecule has 0 saturated heterocycles. The molecule has 1 N–H and O–H groups in total. The number of nitrogens with one attached hydrogen (secondary N) is 1. The Bertz CT molecular complexity index is 516. The van der Waals surface area contributed by atoms with Gasteiger partial charge in [0.1, 0.15) is 0 Å². The third kappa shape index (κ3) is 3.55. The molecule has 2 nitrogen and oxygen atoms in total. The van der Waals surface area contributed by atoms with Crippen molar-refractivity contribution in [1.82, 2.24) is 10.3 Å². The molecule has 1 heterocycles. The molecule has 2 aromatic rings. The van der Waals surface area contributed by atoms with Crippen molar-refractivity contribution in [2.45, 2.75) is 19.5 Å². The highest BCUT2D eigenvalue weighted by molar-refractivity contribution is 9.10. The van der Waals surface area contributed by atoms with Gasteiger partial charge in [0.15, 0.2) is 0 Å². The van der Waals surface area contributed by atoms with Gasteiger partial charge < -0.3 is 5.32 Å². The summed E-state index contributed by atoms with van der Waals surface area (Å²) in [6, 6.07) is 10.2. The van der Waals surface area contributed by atoms with Crippen molar-refractivity contribution < 1.29 is 0 Å². The van der Waals surface area contributed by atoms with Crippen LogP contribution in [0.15, 0.2) is 47.2 Å². The van der Waals surface area contributed by atoms with Crippen LogP contribution in [0.5, 0.6) is 0 Å². The summed E-state index contributed by atoms with van der Waals surface area (Å²) in [5, 5.41) is 4.22. The fourth-order valence-corrected chi connectivity index (χ4v) is 2.44. The Hall–Kier alpha value is -0.900. The number of benzene rings is 1. The maximum Gasteiger partial charge on any atom is 0.0462 e. The molecule has 0 bridgehead atoms. The van der Waals surface area contributed by atoms with Crippen LogP contribution in [0.4, 0.5) is 0 Å². The Balaban J connectivity index is 1.99. The lowest BCUT2D eigenvalue weighted by Crippen LogP contribution is -2.18. The van der Waals surface area contributed by atoms with Crippen molar-refractivity contribution in [3.05, 3.63) is 63.3 Å². The third-order valence-electron chi connectivity index (χ3n) is 2.82. The fourth-order valence-electron chi connectivity index (χ4n) is 1.70. The van der Waals surface area contributed by atoms with Gasteiger partial charge >= 0.3 is 0 Å². The van der Waals surface area contributed by atoms with E-state index >= 15 is 0 Å². The number of hydrogen-bond donors (Lipinski definition) is 1. The maximum atomic E-state index is 6.18. The van der Waals surface area contributed by atoms with Gasteiger partial charge in [0, 0.05) is 34.5 Å². The molecule has 0 fully saturated rings. The zero-order valence-corrected chi connectivity index (χ0v) is 12.4. The van der Waals surface area contributed by atoms with Gasteiger partial charge in [-0.1, -0.05) is 33.6 Å². The number of rotatable bonds is 4. The molecule has 1 aromatic heterocycles. The molecule has 0 aliphatic heterocycles. The minimum absolute atomic E-state index is 0.271. The number of pyridine rings is 1. The molecule has 4 heteroatoms. The van der Waals surface area contributed by atoms with Crippen molar-refractivity contribution in [1.29, 1.82) is 0 Å². The number of nitrogens with zero attached hydrogens (tertiary/aromatic N) is 1. The van der Waals surface area contributed by atoms with Gasteiger partial charge in [-0.25, -0.2) is 0 Å². The van der Waals surface area contributed by atoms with Crippen LogP contribution in [0.3, 0.4) is 0 Å². The Morgan fingerprint density at radius 2 is 2.00 bits per heavy atom. The van der Waals surface area contributed by atoms with Crippen molar-refractivity contribution in [2.24, 2.45) is 0 Å². The van der Waals surface area contributed by atoms with Gasteiger partial charge in [0.2, 0.25) is 0 Å². The van der Waals surface area contributed by atoms with E-state index in [9.17, 15) is 0 Å². The van der Waals surface area contributed by atoms with Crippen LogP contribution >= 0.6 is 27.5 Å². The van der Waals surface area contributed by atoms with Crippen LogP contribution in [-0.2, 0) is 6.54 Å². The Kier molecular flexibility index (Phi) is 4.75. The van der Waals surface area contributed by atoms with Gasteiger partial charge in [0.05, 0.1) is 0 Å². The molecule has 18 heavy (non-hydrogen) atoms. The molecule has 1 aromatic carbocycles. The second kappa shape index (κ2) is 6.32.